The highest BCUT2D eigenvalue weighted by Crippen LogP contribution is 2.33. The van der Waals surface area contributed by atoms with Crippen molar-refractivity contribution in [2.45, 2.75) is 33.8 Å². The van der Waals surface area contributed by atoms with E-state index in [4.69, 9.17) is 4.74 Å². The normalized spacial score (nSPS) is 16.2. The molecule has 0 saturated heterocycles. The third kappa shape index (κ3) is 3.33. The van der Waals surface area contributed by atoms with Crippen molar-refractivity contribution in [3.8, 4) is 5.75 Å². The molecule has 1 aliphatic rings. The van der Waals surface area contributed by atoms with Crippen LogP contribution in [0.4, 0.5) is 11.4 Å². The molecule has 1 atom stereocenters. The minimum absolute atomic E-state index is 0.0731. The minimum Gasteiger partial charge on any atom is -0.479 e. The minimum atomic E-state index is -0.618. The topological polar surface area (TPSA) is 71.5 Å². The third-order valence-corrected chi connectivity index (χ3v) is 4.17. The molecule has 0 saturated carbocycles. The van der Waals surface area contributed by atoms with Gasteiger partial charge in [-0.25, -0.2) is 0 Å². The van der Waals surface area contributed by atoms with Crippen LogP contribution >= 0.6 is 0 Å². The molecule has 0 spiro atoms. The summed E-state index contributed by atoms with van der Waals surface area (Å²) in [5.74, 6) is 0.102. The number of pyridine rings is 1. The Bertz CT molecular complexity index is 825. The molecule has 1 unspecified atom stereocenters. The zero-order chi connectivity index (χ0) is 18.1. The first kappa shape index (κ1) is 17.0. The first-order valence-corrected chi connectivity index (χ1v) is 8.18. The molecule has 25 heavy (non-hydrogen) atoms. The van der Waals surface area contributed by atoms with Gasteiger partial charge in [-0.3, -0.25) is 19.5 Å². The van der Waals surface area contributed by atoms with Gasteiger partial charge in [0.1, 0.15) is 12.3 Å². The average Bonchev–Trinajstić information content (AvgIpc) is 2.55. The van der Waals surface area contributed by atoms with Crippen LogP contribution in [0.25, 0.3) is 0 Å². The Morgan fingerprint density at radius 2 is 2.00 bits per heavy atom. The largest absolute Gasteiger partial charge is 0.479 e. The van der Waals surface area contributed by atoms with Gasteiger partial charge in [0.25, 0.3) is 5.91 Å². The summed E-state index contributed by atoms with van der Waals surface area (Å²) < 4.78 is 5.59. The fraction of sp³-hybridized carbons (Fsp3) is 0.316. The van der Waals surface area contributed by atoms with Crippen molar-refractivity contribution in [1.29, 1.82) is 0 Å². The van der Waals surface area contributed by atoms with E-state index >= 15 is 0 Å². The fourth-order valence-corrected chi connectivity index (χ4v) is 3.06. The van der Waals surface area contributed by atoms with Crippen LogP contribution in [0, 0.1) is 20.8 Å². The Hall–Kier alpha value is -2.89. The van der Waals surface area contributed by atoms with E-state index in [0.717, 1.165) is 17.0 Å². The highest BCUT2D eigenvalue weighted by Gasteiger charge is 2.32. The molecule has 0 radical (unpaired) electrons. The van der Waals surface area contributed by atoms with Crippen molar-refractivity contribution >= 4 is 23.2 Å². The first-order chi connectivity index (χ1) is 11.9. The number of amides is 2. The molecule has 0 fully saturated rings. The van der Waals surface area contributed by atoms with Crippen LogP contribution in [0.1, 0.15) is 23.9 Å². The van der Waals surface area contributed by atoms with Gasteiger partial charge >= 0.3 is 0 Å². The van der Waals surface area contributed by atoms with Crippen LogP contribution in [0.3, 0.4) is 0 Å². The van der Waals surface area contributed by atoms with Gasteiger partial charge in [-0.15, -0.1) is 0 Å². The monoisotopic (exact) mass is 339 g/mol. The summed E-state index contributed by atoms with van der Waals surface area (Å²) in [7, 11) is 0. The van der Waals surface area contributed by atoms with Gasteiger partial charge in [-0.2, -0.15) is 0 Å². The van der Waals surface area contributed by atoms with Gasteiger partial charge in [0, 0.05) is 5.69 Å². The van der Waals surface area contributed by atoms with Crippen molar-refractivity contribution in [2.24, 2.45) is 0 Å². The number of hydrogen-bond acceptors (Lipinski definition) is 4. The lowest BCUT2D eigenvalue weighted by atomic mass is 10.1. The number of hydrogen-bond donors (Lipinski definition) is 1. The molecule has 2 aromatic rings. The Kier molecular flexibility index (Phi) is 4.44. The van der Waals surface area contributed by atoms with Gasteiger partial charge in [0.05, 0.1) is 17.1 Å². The number of anilines is 2. The lowest BCUT2D eigenvalue weighted by Crippen LogP contribution is -2.47. The second kappa shape index (κ2) is 6.55. The summed E-state index contributed by atoms with van der Waals surface area (Å²) in [4.78, 5) is 30.9. The van der Waals surface area contributed by atoms with Crippen LogP contribution in [-0.4, -0.2) is 29.4 Å². The molecule has 1 aromatic carbocycles. The maximum Gasteiger partial charge on any atom is 0.268 e. The highest BCUT2D eigenvalue weighted by molar-refractivity contribution is 6.06. The van der Waals surface area contributed by atoms with E-state index in [-0.39, 0.29) is 18.4 Å². The van der Waals surface area contributed by atoms with Gasteiger partial charge in [0.15, 0.2) is 6.10 Å². The maximum atomic E-state index is 12.6. The highest BCUT2D eigenvalue weighted by atomic mass is 16.5. The first-order valence-electron chi connectivity index (χ1n) is 8.18. The summed E-state index contributed by atoms with van der Waals surface area (Å²) in [5, 5.41) is 2.88. The summed E-state index contributed by atoms with van der Waals surface area (Å²) >= 11 is 0. The fourth-order valence-electron chi connectivity index (χ4n) is 3.06. The number of aromatic nitrogens is 1. The summed E-state index contributed by atoms with van der Waals surface area (Å²) in [6.07, 6.45) is -0.618. The number of carbonyl (C=O) groups excluding carboxylic acids is 2. The summed E-state index contributed by atoms with van der Waals surface area (Å²) in [6.45, 7) is 7.30. The SMILES string of the molecule is Cc1cc(C)c(NC(=O)CN2C(=O)C(C)Oc3ccccc32)c(C)n1. The van der Waals surface area contributed by atoms with E-state index in [1.807, 2.05) is 39.0 Å². The van der Waals surface area contributed by atoms with Crippen LogP contribution in [-0.2, 0) is 9.59 Å². The predicted molar refractivity (Wildman–Crippen MR) is 96.0 cm³/mol. The maximum absolute atomic E-state index is 12.6. The molecule has 2 amide bonds. The van der Waals surface area contributed by atoms with E-state index in [9.17, 15) is 9.59 Å². The lowest BCUT2D eigenvalue weighted by molar-refractivity contribution is -0.127. The number of rotatable bonds is 3. The van der Waals surface area contributed by atoms with Crippen molar-refractivity contribution in [2.75, 3.05) is 16.8 Å². The van der Waals surface area contributed by atoms with Crippen LogP contribution in [0.5, 0.6) is 5.75 Å². The number of para-hydroxylation sites is 2. The van der Waals surface area contributed by atoms with E-state index in [1.54, 1.807) is 19.1 Å². The lowest BCUT2D eigenvalue weighted by Gasteiger charge is -2.32. The number of nitrogens with one attached hydrogen (secondary N) is 1. The molecule has 0 bridgehead atoms. The van der Waals surface area contributed by atoms with Crippen LogP contribution in [0.2, 0.25) is 0 Å². The Morgan fingerprint density at radius 1 is 1.28 bits per heavy atom. The molecule has 3 rings (SSSR count). The van der Waals surface area contributed by atoms with Crippen LogP contribution < -0.4 is 15.0 Å². The predicted octanol–water partition coefficient (Wildman–Crippen LogP) is 2.76. The van der Waals surface area contributed by atoms with Crippen molar-refractivity contribution in [3.63, 3.8) is 0 Å². The van der Waals surface area contributed by atoms with Gasteiger partial charge < -0.3 is 10.1 Å². The van der Waals surface area contributed by atoms with E-state index < -0.39 is 6.10 Å². The van der Waals surface area contributed by atoms with Crippen LogP contribution in [0.15, 0.2) is 30.3 Å². The second-order valence-electron chi connectivity index (χ2n) is 6.24. The molecule has 0 aliphatic carbocycles. The summed E-state index contributed by atoms with van der Waals surface area (Å²) in [6, 6.07) is 9.14. The molecule has 1 N–H and O–H groups in total. The molecular weight excluding hydrogens is 318 g/mol. The number of nitrogens with zero attached hydrogens (tertiary/aromatic N) is 2. The Balaban J connectivity index is 1.83. The van der Waals surface area contributed by atoms with E-state index in [1.165, 1.54) is 4.90 Å². The number of fused-ring (bicyclic) bond motifs is 1. The Labute approximate surface area is 146 Å². The quantitative estimate of drug-likeness (QED) is 0.933. The van der Waals surface area contributed by atoms with Crippen molar-refractivity contribution in [1.82, 2.24) is 4.98 Å². The molecule has 2 heterocycles. The zero-order valence-electron chi connectivity index (χ0n) is 14.8. The molecule has 6 heteroatoms. The van der Waals surface area contributed by atoms with E-state index in [2.05, 4.69) is 10.3 Å². The van der Waals surface area contributed by atoms with Gasteiger partial charge in [0.2, 0.25) is 5.91 Å². The average molecular weight is 339 g/mol. The Morgan fingerprint density at radius 3 is 2.72 bits per heavy atom. The molecule has 1 aliphatic heterocycles. The smallest absolute Gasteiger partial charge is 0.268 e. The van der Waals surface area contributed by atoms with Gasteiger partial charge in [-0.05, 0) is 51.5 Å². The standard InChI is InChI=1S/C19H21N3O3/c1-11-9-12(2)20-13(3)18(11)21-17(23)10-22-15-7-5-6-8-16(15)25-14(4)19(22)24/h5-9,14H,10H2,1-4H3,(H,21,23). The second-order valence-corrected chi connectivity index (χ2v) is 6.24. The van der Waals surface area contributed by atoms with E-state index in [0.29, 0.717) is 17.1 Å². The molecule has 130 valence electrons. The number of ether oxygens (including phenoxy) is 1. The summed E-state index contributed by atoms with van der Waals surface area (Å²) in [5.41, 5.74) is 3.90. The van der Waals surface area contributed by atoms with Crippen molar-refractivity contribution in [3.05, 3.63) is 47.3 Å². The van der Waals surface area contributed by atoms with Gasteiger partial charge in [-0.1, -0.05) is 12.1 Å². The number of benzene rings is 1. The number of carbonyl (C=O) groups is 2. The molecule has 1 aromatic heterocycles. The molecule has 6 nitrogen and oxygen atoms in total. The zero-order valence-corrected chi connectivity index (χ0v) is 14.8. The molecular formula is C19H21N3O3. The van der Waals surface area contributed by atoms with Crippen molar-refractivity contribution < 1.29 is 14.3 Å². The third-order valence-electron chi connectivity index (χ3n) is 4.17. The number of aryl methyl sites for hydroxylation is 3.